The van der Waals surface area contributed by atoms with Crippen LogP contribution in [0.1, 0.15) is 40.7 Å². The lowest BCUT2D eigenvalue weighted by Gasteiger charge is -2.20. The topological polar surface area (TPSA) is 42.9 Å². The zero-order chi connectivity index (χ0) is 13.2. The molecule has 2 heterocycles. The van der Waals surface area contributed by atoms with Crippen LogP contribution < -0.4 is 5.32 Å². The molecule has 19 heavy (non-hydrogen) atoms. The van der Waals surface area contributed by atoms with Gasteiger partial charge in [0.1, 0.15) is 6.61 Å². The van der Waals surface area contributed by atoms with Crippen molar-refractivity contribution in [2.75, 3.05) is 13.1 Å². The van der Waals surface area contributed by atoms with Crippen LogP contribution in [0, 0.1) is 5.92 Å². The normalized spacial score (nSPS) is 19.3. The zero-order valence-electron chi connectivity index (χ0n) is 11.0. The standard InChI is InChI=1S/C15H18BrNO2/c16-14-11(2-1-10-5-7-17-8-6-10)3-4-12-13(14)9-19-15(12)18/h3-4,10,17H,1-2,5-9H2/p+1. The number of halogens is 1. The first-order chi connectivity index (χ1) is 9.25. The van der Waals surface area contributed by atoms with Crippen LogP contribution in [0.3, 0.4) is 0 Å². The number of cyclic esters (lactones) is 1. The van der Waals surface area contributed by atoms with Gasteiger partial charge in [0.05, 0.1) is 18.7 Å². The van der Waals surface area contributed by atoms with Gasteiger partial charge in [0, 0.05) is 10.0 Å². The Kier molecular flexibility index (Phi) is 3.89. The smallest absolute Gasteiger partial charge is 0.338 e. The number of hydrogen-bond acceptors (Lipinski definition) is 2. The summed E-state index contributed by atoms with van der Waals surface area (Å²) in [4.78, 5) is 11.5. The number of quaternary nitrogens is 1. The van der Waals surface area contributed by atoms with Crippen molar-refractivity contribution in [3.63, 3.8) is 0 Å². The Morgan fingerprint density at radius 1 is 1.32 bits per heavy atom. The first kappa shape index (κ1) is 13.1. The lowest BCUT2D eigenvalue weighted by atomic mass is 9.91. The quantitative estimate of drug-likeness (QED) is 0.864. The highest BCUT2D eigenvalue weighted by Gasteiger charge is 2.25. The molecule has 0 saturated carbocycles. The van der Waals surface area contributed by atoms with E-state index in [-0.39, 0.29) is 5.97 Å². The molecule has 3 nitrogen and oxygen atoms in total. The van der Waals surface area contributed by atoms with E-state index in [0.717, 1.165) is 27.9 Å². The number of rotatable bonds is 3. The number of fused-ring (bicyclic) bond motifs is 1. The van der Waals surface area contributed by atoms with E-state index in [2.05, 4.69) is 27.3 Å². The van der Waals surface area contributed by atoms with Crippen molar-refractivity contribution >= 4 is 21.9 Å². The molecule has 0 bridgehead atoms. The van der Waals surface area contributed by atoms with E-state index in [1.54, 1.807) is 0 Å². The Hall–Kier alpha value is -0.870. The maximum atomic E-state index is 11.5. The fourth-order valence-electron chi connectivity index (χ4n) is 3.05. The minimum atomic E-state index is -0.190. The second-order valence-corrected chi connectivity index (χ2v) is 6.28. The summed E-state index contributed by atoms with van der Waals surface area (Å²) in [5.41, 5.74) is 3.06. The third kappa shape index (κ3) is 2.70. The van der Waals surface area contributed by atoms with E-state index in [0.29, 0.717) is 6.61 Å². The highest BCUT2D eigenvalue weighted by Crippen LogP contribution is 2.32. The molecule has 0 radical (unpaired) electrons. The molecule has 0 aliphatic carbocycles. The Balaban J connectivity index is 1.70. The Morgan fingerprint density at radius 2 is 2.11 bits per heavy atom. The molecule has 1 aromatic rings. The van der Waals surface area contributed by atoms with Gasteiger partial charge in [0.15, 0.2) is 0 Å². The first-order valence-corrected chi connectivity index (χ1v) is 7.84. The molecule has 4 heteroatoms. The van der Waals surface area contributed by atoms with Gasteiger partial charge in [-0.25, -0.2) is 4.79 Å². The molecule has 0 unspecified atom stereocenters. The number of ether oxygens (including phenoxy) is 1. The van der Waals surface area contributed by atoms with Crippen molar-refractivity contribution in [1.82, 2.24) is 0 Å². The average molecular weight is 325 g/mol. The fraction of sp³-hybridized carbons (Fsp3) is 0.533. The minimum Gasteiger partial charge on any atom is -0.457 e. The zero-order valence-corrected chi connectivity index (χ0v) is 12.5. The van der Waals surface area contributed by atoms with Gasteiger partial charge in [0.25, 0.3) is 0 Å². The van der Waals surface area contributed by atoms with Gasteiger partial charge in [-0.1, -0.05) is 22.0 Å². The van der Waals surface area contributed by atoms with E-state index in [1.165, 1.54) is 37.9 Å². The van der Waals surface area contributed by atoms with Crippen molar-refractivity contribution < 1.29 is 14.8 Å². The molecule has 2 N–H and O–H groups in total. The Labute approximate surface area is 121 Å². The molecular weight excluding hydrogens is 306 g/mol. The van der Waals surface area contributed by atoms with Crippen LogP contribution in [-0.4, -0.2) is 19.1 Å². The maximum absolute atomic E-state index is 11.5. The lowest BCUT2D eigenvalue weighted by Crippen LogP contribution is -2.86. The summed E-state index contributed by atoms with van der Waals surface area (Å²) < 4.78 is 6.16. The van der Waals surface area contributed by atoms with Gasteiger partial charge in [-0.15, -0.1) is 0 Å². The van der Waals surface area contributed by atoms with Crippen molar-refractivity contribution in [2.24, 2.45) is 5.92 Å². The summed E-state index contributed by atoms with van der Waals surface area (Å²) in [5, 5.41) is 2.41. The predicted molar refractivity (Wildman–Crippen MR) is 76.0 cm³/mol. The highest BCUT2D eigenvalue weighted by molar-refractivity contribution is 9.10. The van der Waals surface area contributed by atoms with Crippen LogP contribution in [0.15, 0.2) is 16.6 Å². The van der Waals surface area contributed by atoms with E-state index in [4.69, 9.17) is 4.74 Å². The number of nitrogens with two attached hydrogens (primary N) is 1. The monoisotopic (exact) mass is 324 g/mol. The second kappa shape index (κ2) is 5.63. The molecule has 102 valence electrons. The van der Waals surface area contributed by atoms with Crippen LogP contribution in [0.4, 0.5) is 0 Å². The van der Waals surface area contributed by atoms with Crippen molar-refractivity contribution in [1.29, 1.82) is 0 Å². The molecule has 0 amide bonds. The molecule has 0 spiro atoms. The number of hydrogen-bond donors (Lipinski definition) is 1. The summed E-state index contributed by atoms with van der Waals surface area (Å²) >= 11 is 3.65. The summed E-state index contributed by atoms with van der Waals surface area (Å²) in [5.74, 6) is 0.674. The number of carbonyl (C=O) groups is 1. The molecule has 3 rings (SSSR count). The van der Waals surface area contributed by atoms with E-state index in [1.807, 2.05) is 6.07 Å². The van der Waals surface area contributed by atoms with Crippen LogP contribution in [0.2, 0.25) is 0 Å². The average Bonchev–Trinajstić information content (AvgIpc) is 2.82. The molecule has 2 aliphatic rings. The molecule has 1 aromatic carbocycles. The van der Waals surface area contributed by atoms with E-state index < -0.39 is 0 Å². The fourth-order valence-corrected chi connectivity index (χ4v) is 3.71. The van der Waals surface area contributed by atoms with Crippen molar-refractivity contribution in [3.05, 3.63) is 33.3 Å². The Bertz CT molecular complexity index is 495. The first-order valence-electron chi connectivity index (χ1n) is 7.04. The number of benzene rings is 1. The Morgan fingerprint density at radius 3 is 2.89 bits per heavy atom. The van der Waals surface area contributed by atoms with Gasteiger partial charge in [-0.2, -0.15) is 0 Å². The van der Waals surface area contributed by atoms with Crippen LogP contribution in [0.25, 0.3) is 0 Å². The summed E-state index contributed by atoms with van der Waals surface area (Å²) in [6.07, 6.45) is 5.01. The summed E-state index contributed by atoms with van der Waals surface area (Å²) in [7, 11) is 0. The van der Waals surface area contributed by atoms with Crippen LogP contribution in [-0.2, 0) is 17.8 Å². The molecule has 1 fully saturated rings. The molecule has 0 atom stereocenters. The van der Waals surface area contributed by atoms with Gasteiger partial charge >= 0.3 is 5.97 Å². The van der Waals surface area contributed by atoms with Crippen molar-refractivity contribution in [2.45, 2.75) is 32.3 Å². The molecule has 1 saturated heterocycles. The van der Waals surface area contributed by atoms with Crippen LogP contribution in [0.5, 0.6) is 0 Å². The van der Waals surface area contributed by atoms with Gasteiger partial charge in [-0.3, -0.25) is 0 Å². The third-order valence-electron chi connectivity index (χ3n) is 4.27. The van der Waals surface area contributed by atoms with Gasteiger partial charge in [0.2, 0.25) is 0 Å². The summed E-state index contributed by atoms with van der Waals surface area (Å²) in [6, 6.07) is 3.99. The molecule has 0 aromatic heterocycles. The third-order valence-corrected chi connectivity index (χ3v) is 5.26. The number of esters is 1. The summed E-state index contributed by atoms with van der Waals surface area (Å²) in [6.45, 7) is 2.97. The molecular formula is C15H19BrNO2+. The molecule has 2 aliphatic heterocycles. The number of carbonyl (C=O) groups excluding carboxylic acids is 1. The number of piperidine rings is 1. The van der Waals surface area contributed by atoms with E-state index in [9.17, 15) is 4.79 Å². The maximum Gasteiger partial charge on any atom is 0.338 e. The van der Waals surface area contributed by atoms with Gasteiger partial charge in [-0.05, 0) is 43.2 Å². The number of aryl methyl sites for hydroxylation is 1. The van der Waals surface area contributed by atoms with Gasteiger partial charge < -0.3 is 10.1 Å². The largest absolute Gasteiger partial charge is 0.457 e. The minimum absolute atomic E-state index is 0.190. The highest BCUT2D eigenvalue weighted by atomic mass is 79.9. The predicted octanol–water partition coefficient (Wildman–Crippen LogP) is 2.03. The SMILES string of the molecule is O=C1OCc2c1ccc(CCC1CC[NH2+]CC1)c2Br. The van der Waals surface area contributed by atoms with Crippen molar-refractivity contribution in [3.8, 4) is 0 Å². The lowest BCUT2D eigenvalue weighted by molar-refractivity contribution is -0.664. The second-order valence-electron chi connectivity index (χ2n) is 5.49. The van der Waals surface area contributed by atoms with Crippen LogP contribution >= 0.6 is 15.9 Å². The van der Waals surface area contributed by atoms with E-state index >= 15 is 0 Å².